The highest BCUT2D eigenvalue weighted by Gasteiger charge is 2.10. The van der Waals surface area contributed by atoms with Crippen LogP contribution in [-0.2, 0) is 6.42 Å². The molecule has 2 aromatic rings. The Labute approximate surface area is 109 Å². The van der Waals surface area contributed by atoms with Gasteiger partial charge in [-0.25, -0.2) is 0 Å². The smallest absolute Gasteiger partial charge is 0.104 e. The van der Waals surface area contributed by atoms with Crippen LogP contribution in [0.15, 0.2) is 42.5 Å². The van der Waals surface area contributed by atoms with Crippen LogP contribution in [0.4, 0.5) is 0 Å². The van der Waals surface area contributed by atoms with Gasteiger partial charge in [0, 0.05) is 0 Å². The molecular formula is C17H20O. The second-order valence-electron chi connectivity index (χ2n) is 4.92. The zero-order valence-corrected chi connectivity index (χ0v) is 11.3. The van der Waals surface area contributed by atoms with Gasteiger partial charge in [-0.3, -0.25) is 0 Å². The van der Waals surface area contributed by atoms with Gasteiger partial charge in [0.05, 0.1) is 0 Å². The molecule has 0 aliphatic carbocycles. The molecule has 0 saturated carbocycles. The van der Waals surface area contributed by atoms with E-state index < -0.39 is 6.10 Å². The number of aliphatic hydroxyl groups is 1. The van der Waals surface area contributed by atoms with Crippen molar-refractivity contribution in [2.24, 2.45) is 0 Å². The number of hydrogen-bond acceptors (Lipinski definition) is 1. The third-order valence-electron chi connectivity index (χ3n) is 3.26. The van der Waals surface area contributed by atoms with Crippen LogP contribution >= 0.6 is 0 Å². The summed E-state index contributed by atoms with van der Waals surface area (Å²) in [6.45, 7) is 6.25. The molecule has 2 rings (SSSR count). The topological polar surface area (TPSA) is 20.2 Å². The van der Waals surface area contributed by atoms with Gasteiger partial charge >= 0.3 is 0 Å². The minimum atomic E-state index is -0.533. The van der Waals surface area contributed by atoms with E-state index in [-0.39, 0.29) is 0 Å². The second-order valence-corrected chi connectivity index (χ2v) is 4.92. The van der Waals surface area contributed by atoms with E-state index in [2.05, 4.69) is 39.0 Å². The molecule has 0 heterocycles. The Balaban J connectivity index is 2.31. The third kappa shape index (κ3) is 2.80. The van der Waals surface area contributed by atoms with E-state index >= 15 is 0 Å². The molecule has 0 saturated heterocycles. The lowest BCUT2D eigenvalue weighted by molar-refractivity contribution is 0.220. The molecule has 2 aromatic carbocycles. The van der Waals surface area contributed by atoms with E-state index in [1.165, 1.54) is 16.7 Å². The van der Waals surface area contributed by atoms with Gasteiger partial charge in [0.25, 0.3) is 0 Å². The van der Waals surface area contributed by atoms with Crippen molar-refractivity contribution in [3.8, 4) is 0 Å². The summed E-state index contributed by atoms with van der Waals surface area (Å²) in [6.07, 6.45) is 0.495. The van der Waals surface area contributed by atoms with Gasteiger partial charge in [-0.1, -0.05) is 60.5 Å². The van der Waals surface area contributed by atoms with Crippen molar-refractivity contribution < 1.29 is 5.11 Å². The van der Waals surface area contributed by atoms with Crippen molar-refractivity contribution >= 4 is 0 Å². The molecule has 1 heteroatoms. The number of aliphatic hydroxyl groups excluding tert-OH is 1. The Morgan fingerprint density at radius 2 is 1.44 bits per heavy atom. The summed E-state index contributed by atoms with van der Waals surface area (Å²) >= 11 is 0. The SMILES string of the molecule is CCc1ccc(C(O)c2cc(C)cc(C)c2)cc1. The molecule has 94 valence electrons. The van der Waals surface area contributed by atoms with Crippen LogP contribution in [0, 0.1) is 13.8 Å². The van der Waals surface area contributed by atoms with Gasteiger partial charge in [0.2, 0.25) is 0 Å². The summed E-state index contributed by atoms with van der Waals surface area (Å²) in [5, 5.41) is 10.4. The summed E-state index contributed by atoms with van der Waals surface area (Å²) < 4.78 is 0. The van der Waals surface area contributed by atoms with Gasteiger partial charge < -0.3 is 5.11 Å². The molecule has 0 aliphatic rings. The zero-order valence-electron chi connectivity index (χ0n) is 11.3. The van der Waals surface area contributed by atoms with Crippen LogP contribution in [0.2, 0.25) is 0 Å². The van der Waals surface area contributed by atoms with Crippen molar-refractivity contribution in [3.05, 3.63) is 70.3 Å². The molecule has 0 fully saturated rings. The lowest BCUT2D eigenvalue weighted by Gasteiger charge is -2.13. The second kappa shape index (κ2) is 5.36. The summed E-state index contributed by atoms with van der Waals surface area (Å²) in [4.78, 5) is 0. The molecule has 0 aliphatic heterocycles. The van der Waals surface area contributed by atoms with Crippen LogP contribution in [0.3, 0.4) is 0 Å². The molecule has 0 aromatic heterocycles. The monoisotopic (exact) mass is 240 g/mol. The van der Waals surface area contributed by atoms with E-state index in [9.17, 15) is 5.11 Å². The first kappa shape index (κ1) is 12.8. The maximum Gasteiger partial charge on any atom is 0.104 e. The number of hydrogen-bond donors (Lipinski definition) is 1. The number of rotatable bonds is 3. The van der Waals surface area contributed by atoms with Gasteiger partial charge in [-0.15, -0.1) is 0 Å². The maximum atomic E-state index is 10.4. The third-order valence-corrected chi connectivity index (χ3v) is 3.26. The Morgan fingerprint density at radius 3 is 1.94 bits per heavy atom. The average Bonchev–Trinajstić information content (AvgIpc) is 2.37. The van der Waals surface area contributed by atoms with Crippen molar-refractivity contribution in [1.29, 1.82) is 0 Å². The Morgan fingerprint density at radius 1 is 0.889 bits per heavy atom. The lowest BCUT2D eigenvalue weighted by atomic mass is 9.97. The first-order valence-electron chi connectivity index (χ1n) is 6.45. The Kier molecular flexibility index (Phi) is 3.83. The predicted molar refractivity (Wildman–Crippen MR) is 75.8 cm³/mol. The summed E-state index contributed by atoms with van der Waals surface area (Å²) in [6, 6.07) is 14.4. The maximum absolute atomic E-state index is 10.4. The standard InChI is InChI=1S/C17H20O/c1-4-14-5-7-15(8-6-14)17(18)16-10-12(2)9-13(3)11-16/h5-11,17-18H,4H2,1-3H3. The van der Waals surface area contributed by atoms with E-state index in [0.717, 1.165) is 17.5 Å². The molecule has 1 atom stereocenters. The first-order valence-corrected chi connectivity index (χ1v) is 6.45. The quantitative estimate of drug-likeness (QED) is 0.861. The summed E-state index contributed by atoms with van der Waals surface area (Å²) in [7, 11) is 0. The number of benzene rings is 2. The fourth-order valence-corrected chi connectivity index (χ4v) is 2.30. The zero-order chi connectivity index (χ0) is 13.1. The average molecular weight is 240 g/mol. The van der Waals surface area contributed by atoms with Crippen LogP contribution in [-0.4, -0.2) is 5.11 Å². The molecule has 0 spiro atoms. The first-order chi connectivity index (χ1) is 8.60. The largest absolute Gasteiger partial charge is 0.384 e. The molecule has 18 heavy (non-hydrogen) atoms. The van der Waals surface area contributed by atoms with Crippen LogP contribution in [0.5, 0.6) is 0 Å². The molecular weight excluding hydrogens is 220 g/mol. The molecule has 0 amide bonds. The van der Waals surface area contributed by atoms with Crippen molar-refractivity contribution in [3.63, 3.8) is 0 Å². The minimum Gasteiger partial charge on any atom is -0.384 e. The van der Waals surface area contributed by atoms with Crippen molar-refractivity contribution in [2.75, 3.05) is 0 Å². The summed E-state index contributed by atoms with van der Waals surface area (Å²) in [5.74, 6) is 0. The Hall–Kier alpha value is -1.60. The Bertz CT molecular complexity index is 506. The lowest BCUT2D eigenvalue weighted by Crippen LogP contribution is -2.00. The fourth-order valence-electron chi connectivity index (χ4n) is 2.30. The number of aryl methyl sites for hydroxylation is 3. The van der Waals surface area contributed by atoms with E-state index in [0.29, 0.717) is 0 Å². The van der Waals surface area contributed by atoms with Gasteiger partial charge in [-0.2, -0.15) is 0 Å². The summed E-state index contributed by atoms with van der Waals surface area (Å²) in [5.41, 5.74) is 5.60. The minimum absolute atomic E-state index is 0.533. The van der Waals surface area contributed by atoms with Crippen LogP contribution < -0.4 is 0 Å². The normalized spacial score (nSPS) is 12.4. The molecule has 1 N–H and O–H groups in total. The fraction of sp³-hybridized carbons (Fsp3) is 0.294. The highest BCUT2D eigenvalue weighted by Crippen LogP contribution is 2.24. The van der Waals surface area contributed by atoms with E-state index in [1.54, 1.807) is 0 Å². The van der Waals surface area contributed by atoms with Crippen LogP contribution in [0.1, 0.15) is 40.8 Å². The predicted octanol–water partition coefficient (Wildman–Crippen LogP) is 3.95. The van der Waals surface area contributed by atoms with Crippen molar-refractivity contribution in [2.45, 2.75) is 33.3 Å². The molecule has 1 unspecified atom stereocenters. The van der Waals surface area contributed by atoms with Gasteiger partial charge in [-0.05, 0) is 37.0 Å². The molecule has 0 radical (unpaired) electrons. The van der Waals surface area contributed by atoms with E-state index in [4.69, 9.17) is 0 Å². The van der Waals surface area contributed by atoms with Crippen molar-refractivity contribution in [1.82, 2.24) is 0 Å². The molecule has 0 bridgehead atoms. The van der Waals surface area contributed by atoms with E-state index in [1.807, 2.05) is 24.3 Å². The highest BCUT2D eigenvalue weighted by molar-refractivity contribution is 5.36. The highest BCUT2D eigenvalue weighted by atomic mass is 16.3. The van der Waals surface area contributed by atoms with Gasteiger partial charge in [0.15, 0.2) is 0 Å². The van der Waals surface area contributed by atoms with Gasteiger partial charge in [0.1, 0.15) is 6.10 Å². The molecule has 1 nitrogen and oxygen atoms in total. The van der Waals surface area contributed by atoms with Crippen LogP contribution in [0.25, 0.3) is 0 Å².